The molecule has 1 atom stereocenters. The molecule has 5 heterocycles. The second-order valence-electron chi connectivity index (χ2n) is 11.0. The van der Waals surface area contributed by atoms with Crippen LogP contribution in [0.2, 0.25) is 0 Å². The summed E-state index contributed by atoms with van der Waals surface area (Å²) in [6.45, 7) is 8.40. The van der Waals surface area contributed by atoms with Crippen LogP contribution in [0.15, 0.2) is 97.0 Å². The molecule has 2 aromatic carbocycles. The van der Waals surface area contributed by atoms with Gasteiger partial charge in [0.25, 0.3) is 0 Å². The number of likely N-dealkylation sites (tertiary alicyclic amines) is 1. The van der Waals surface area contributed by atoms with Crippen molar-refractivity contribution in [1.29, 1.82) is 0 Å². The van der Waals surface area contributed by atoms with Gasteiger partial charge in [-0.15, -0.1) is 0 Å². The van der Waals surface area contributed by atoms with Gasteiger partial charge in [0, 0.05) is 54.4 Å². The van der Waals surface area contributed by atoms with Gasteiger partial charge in [-0.1, -0.05) is 49.0 Å². The molecule has 1 unspecified atom stereocenters. The fourth-order valence-corrected chi connectivity index (χ4v) is 7.14. The van der Waals surface area contributed by atoms with Gasteiger partial charge in [0.1, 0.15) is 22.3 Å². The number of nitrogens with two attached hydrogens (primary N) is 1. The molecule has 0 saturated carbocycles. The first-order valence-corrected chi connectivity index (χ1v) is 14.9. The molecule has 3 aromatic heterocycles. The molecule has 2 aliphatic heterocycles. The number of hydrogen-bond acceptors (Lipinski definition) is 6. The zero-order valence-electron chi connectivity index (χ0n) is 22.7. The average Bonchev–Trinajstić information content (AvgIpc) is 3.59. The van der Waals surface area contributed by atoms with Crippen molar-refractivity contribution in [3.05, 3.63) is 103 Å². The summed E-state index contributed by atoms with van der Waals surface area (Å²) in [7, 11) is -1.06. The van der Waals surface area contributed by atoms with Gasteiger partial charge in [-0.05, 0) is 54.9 Å². The van der Waals surface area contributed by atoms with Crippen LogP contribution in [-0.4, -0.2) is 59.1 Å². The second kappa shape index (κ2) is 10.3. The zero-order valence-corrected chi connectivity index (χ0v) is 23.5. The van der Waals surface area contributed by atoms with Gasteiger partial charge in [0.2, 0.25) is 0 Å². The van der Waals surface area contributed by atoms with Gasteiger partial charge in [0.15, 0.2) is 11.5 Å². The highest BCUT2D eigenvalue weighted by molar-refractivity contribution is 7.85. The van der Waals surface area contributed by atoms with E-state index in [0.29, 0.717) is 11.6 Å². The highest BCUT2D eigenvalue weighted by atomic mass is 32.2. The van der Waals surface area contributed by atoms with E-state index in [1.54, 1.807) is 6.20 Å². The van der Waals surface area contributed by atoms with E-state index in [0.717, 1.165) is 72.8 Å². The van der Waals surface area contributed by atoms with Crippen LogP contribution < -0.4 is 5.73 Å². The molecule has 1 spiro atoms. The Kier molecular flexibility index (Phi) is 6.50. The lowest BCUT2D eigenvalue weighted by Crippen LogP contribution is -2.57. The van der Waals surface area contributed by atoms with Gasteiger partial charge in [-0.2, -0.15) is 0 Å². The molecule has 8 nitrogen and oxygen atoms in total. The summed E-state index contributed by atoms with van der Waals surface area (Å²) in [5.74, 6) is 1.14. The number of nitrogens with zero attached hydrogens (tertiary/aromatic N) is 6. The minimum absolute atomic E-state index is 0.259. The monoisotopic (exact) mass is 561 g/mol. The number of hydrogen-bond donors (Lipinski definition) is 1. The Morgan fingerprint density at radius 1 is 0.951 bits per heavy atom. The number of benzene rings is 2. The molecule has 41 heavy (non-hydrogen) atoms. The topological polar surface area (TPSA) is 93.2 Å². The van der Waals surface area contributed by atoms with Crippen LogP contribution in [0.5, 0.6) is 0 Å². The first-order valence-electron chi connectivity index (χ1n) is 13.8. The van der Waals surface area contributed by atoms with Crippen LogP contribution in [-0.2, 0) is 17.5 Å². The van der Waals surface area contributed by atoms with Gasteiger partial charge < -0.3 is 5.73 Å². The van der Waals surface area contributed by atoms with E-state index in [4.69, 9.17) is 15.7 Å². The molecule has 2 fully saturated rings. The lowest BCUT2D eigenvalue weighted by atomic mass is 9.81. The van der Waals surface area contributed by atoms with Crippen LogP contribution in [0, 0.1) is 5.41 Å². The molecular weight excluding hydrogens is 530 g/mol. The summed E-state index contributed by atoms with van der Waals surface area (Å²) in [5.41, 5.74) is 13.1. The quantitative estimate of drug-likeness (QED) is 0.299. The number of rotatable bonds is 7. The maximum absolute atomic E-state index is 12.0. The largest absolute Gasteiger partial charge is 0.383 e. The van der Waals surface area contributed by atoms with Gasteiger partial charge in [-0.3, -0.25) is 9.47 Å². The Bertz CT molecular complexity index is 1760. The number of aromatic nitrogens is 4. The Hall–Kier alpha value is -4.18. The van der Waals surface area contributed by atoms with E-state index in [2.05, 4.69) is 57.4 Å². The van der Waals surface area contributed by atoms with Crippen molar-refractivity contribution in [2.45, 2.75) is 13.0 Å². The minimum Gasteiger partial charge on any atom is -0.383 e. The summed E-state index contributed by atoms with van der Waals surface area (Å²) in [4.78, 5) is 16.8. The normalized spacial score (nSPS) is 17.6. The summed E-state index contributed by atoms with van der Waals surface area (Å²) >= 11 is 0. The third kappa shape index (κ3) is 4.76. The van der Waals surface area contributed by atoms with Gasteiger partial charge in [-0.25, -0.2) is 23.5 Å². The third-order valence-electron chi connectivity index (χ3n) is 8.19. The van der Waals surface area contributed by atoms with Crippen molar-refractivity contribution in [3.8, 4) is 28.3 Å². The number of anilines is 1. The van der Waals surface area contributed by atoms with Crippen LogP contribution in [0.3, 0.4) is 0 Å². The molecule has 2 N–H and O–H groups in total. The standard InChI is InChI=1S/C32H31N7OS/c1-2-41(40)38-21-32(22-38)16-18-37(20-32)19-23-10-12-25(13-11-23)39-30(26-9-6-17-34-29(26)33)36-28-15-14-27(35-31(28)39)24-7-4-3-5-8-24/h2-15,17H,1,16,18-22H2,(H2,33,34). The minimum atomic E-state index is -1.06. The Labute approximate surface area is 241 Å². The molecule has 0 amide bonds. The van der Waals surface area contributed by atoms with E-state index in [-0.39, 0.29) is 5.41 Å². The molecule has 9 heteroatoms. The molecule has 0 radical (unpaired) electrons. The Morgan fingerprint density at radius 3 is 2.51 bits per heavy atom. The summed E-state index contributed by atoms with van der Waals surface area (Å²) < 4.78 is 16.1. The highest BCUT2D eigenvalue weighted by Crippen LogP contribution is 2.41. The van der Waals surface area contributed by atoms with Crippen molar-refractivity contribution in [2.24, 2.45) is 5.41 Å². The van der Waals surface area contributed by atoms with E-state index in [9.17, 15) is 4.21 Å². The van der Waals surface area contributed by atoms with Crippen molar-refractivity contribution in [2.75, 3.05) is 31.9 Å². The SMILES string of the molecule is C=CS(=O)N1CC2(CCN(Cc3ccc(-n4c(-c5cccnc5N)nc5ccc(-c6ccccc6)nc54)cc3)C2)C1. The zero-order chi connectivity index (χ0) is 28.0. The molecule has 0 aliphatic carbocycles. The number of nitrogen functional groups attached to an aromatic ring is 1. The summed E-state index contributed by atoms with van der Waals surface area (Å²) in [5, 5.41) is 1.52. The predicted octanol–water partition coefficient (Wildman–Crippen LogP) is 5.05. The van der Waals surface area contributed by atoms with Crippen LogP contribution in [0.25, 0.3) is 39.5 Å². The van der Waals surface area contributed by atoms with Crippen molar-refractivity contribution in [3.63, 3.8) is 0 Å². The number of pyridine rings is 2. The maximum atomic E-state index is 12.0. The molecule has 206 valence electrons. The number of imidazole rings is 1. The Balaban J connectivity index is 1.20. The lowest BCUT2D eigenvalue weighted by molar-refractivity contribution is 0.0828. The number of fused-ring (bicyclic) bond motifs is 1. The molecule has 7 rings (SSSR count). The van der Waals surface area contributed by atoms with Crippen LogP contribution in [0.4, 0.5) is 5.82 Å². The molecule has 2 saturated heterocycles. The Morgan fingerprint density at radius 2 is 1.76 bits per heavy atom. The third-order valence-corrected chi connectivity index (χ3v) is 9.24. The first-order chi connectivity index (χ1) is 20.0. The van der Waals surface area contributed by atoms with Crippen molar-refractivity contribution >= 4 is 28.0 Å². The molecular formula is C32H31N7OS. The van der Waals surface area contributed by atoms with E-state index in [1.807, 2.05) is 46.8 Å². The van der Waals surface area contributed by atoms with Crippen molar-refractivity contribution in [1.82, 2.24) is 28.7 Å². The molecule has 2 aliphatic rings. The lowest BCUT2D eigenvalue weighted by Gasteiger charge is -2.46. The van der Waals surface area contributed by atoms with Crippen LogP contribution >= 0.6 is 0 Å². The van der Waals surface area contributed by atoms with Gasteiger partial charge >= 0.3 is 0 Å². The summed E-state index contributed by atoms with van der Waals surface area (Å²) in [6, 6.07) is 26.6. The van der Waals surface area contributed by atoms with Gasteiger partial charge in [0.05, 0.1) is 11.3 Å². The average molecular weight is 562 g/mol. The van der Waals surface area contributed by atoms with Crippen LogP contribution in [0.1, 0.15) is 12.0 Å². The van der Waals surface area contributed by atoms with E-state index in [1.165, 1.54) is 11.0 Å². The fraction of sp³-hybridized carbons (Fsp3) is 0.219. The smallest absolute Gasteiger partial charge is 0.165 e. The summed E-state index contributed by atoms with van der Waals surface area (Å²) in [6.07, 6.45) is 2.83. The van der Waals surface area contributed by atoms with E-state index >= 15 is 0 Å². The van der Waals surface area contributed by atoms with Crippen molar-refractivity contribution < 1.29 is 4.21 Å². The predicted molar refractivity (Wildman–Crippen MR) is 164 cm³/mol. The molecule has 5 aromatic rings. The molecule has 0 bridgehead atoms. The fourth-order valence-electron chi connectivity index (χ4n) is 6.12. The first kappa shape index (κ1) is 25.8. The second-order valence-corrected chi connectivity index (χ2v) is 12.4. The highest BCUT2D eigenvalue weighted by Gasteiger charge is 2.48. The van der Waals surface area contributed by atoms with E-state index < -0.39 is 11.0 Å². The maximum Gasteiger partial charge on any atom is 0.165 e.